The van der Waals surface area contributed by atoms with E-state index in [2.05, 4.69) is 29.6 Å². The Morgan fingerprint density at radius 2 is 2.14 bits per heavy atom. The van der Waals surface area contributed by atoms with Gasteiger partial charge in [0.25, 0.3) is 0 Å². The molecule has 14 heavy (non-hydrogen) atoms. The van der Waals surface area contributed by atoms with Crippen LogP contribution in [0.15, 0.2) is 24.3 Å². The van der Waals surface area contributed by atoms with Crippen molar-refractivity contribution in [1.82, 2.24) is 5.32 Å². The maximum absolute atomic E-state index is 5.85. The predicted octanol–water partition coefficient (Wildman–Crippen LogP) is 1.66. The summed E-state index contributed by atoms with van der Waals surface area (Å²) in [7, 11) is 0. The summed E-state index contributed by atoms with van der Waals surface area (Å²) in [6.07, 6.45) is 2.62. The maximum Gasteiger partial charge on any atom is 0.0981 e. The molecular formula is C12H15NO. The fourth-order valence-corrected chi connectivity index (χ4v) is 2.33. The maximum atomic E-state index is 5.85. The fraction of sp³-hybridized carbons (Fsp3) is 0.500. The molecule has 2 heteroatoms. The van der Waals surface area contributed by atoms with Crippen molar-refractivity contribution in [3.8, 4) is 0 Å². The van der Waals surface area contributed by atoms with Crippen molar-refractivity contribution in [3.05, 3.63) is 35.4 Å². The van der Waals surface area contributed by atoms with Crippen molar-refractivity contribution in [2.75, 3.05) is 13.2 Å². The van der Waals surface area contributed by atoms with Gasteiger partial charge in [0.15, 0.2) is 0 Å². The summed E-state index contributed by atoms with van der Waals surface area (Å²) in [6.45, 7) is 2.02. The summed E-state index contributed by atoms with van der Waals surface area (Å²) in [5.41, 5.74) is 2.87. The molecule has 1 N–H and O–H groups in total. The van der Waals surface area contributed by atoms with Gasteiger partial charge in [-0.1, -0.05) is 24.3 Å². The molecule has 0 radical (unpaired) electrons. The molecule has 1 saturated heterocycles. The van der Waals surface area contributed by atoms with Crippen LogP contribution in [-0.2, 0) is 11.2 Å². The van der Waals surface area contributed by atoms with E-state index in [1.807, 2.05) is 0 Å². The first-order chi connectivity index (χ1) is 6.95. The number of hydrogen-bond donors (Lipinski definition) is 1. The Labute approximate surface area is 84.3 Å². The van der Waals surface area contributed by atoms with E-state index in [0.29, 0.717) is 12.1 Å². The van der Waals surface area contributed by atoms with Crippen LogP contribution in [0.25, 0.3) is 0 Å². The SMILES string of the molecule is c1ccc2c(c1)CCO[C@@H]2C1CCN1. The van der Waals surface area contributed by atoms with Crippen LogP contribution in [0.5, 0.6) is 0 Å². The Morgan fingerprint density at radius 1 is 1.29 bits per heavy atom. The Hall–Kier alpha value is -0.860. The molecule has 0 saturated carbocycles. The van der Waals surface area contributed by atoms with E-state index in [9.17, 15) is 0 Å². The minimum absolute atomic E-state index is 0.300. The fourth-order valence-electron chi connectivity index (χ4n) is 2.33. The summed E-state index contributed by atoms with van der Waals surface area (Å²) < 4.78 is 5.85. The Kier molecular flexibility index (Phi) is 2.03. The minimum Gasteiger partial charge on any atom is -0.372 e. The number of ether oxygens (including phenoxy) is 1. The smallest absolute Gasteiger partial charge is 0.0981 e. The third-order valence-corrected chi connectivity index (χ3v) is 3.26. The van der Waals surface area contributed by atoms with E-state index < -0.39 is 0 Å². The lowest BCUT2D eigenvalue weighted by Crippen LogP contribution is -2.48. The number of nitrogens with one attached hydrogen (secondary N) is 1. The first-order valence-corrected chi connectivity index (χ1v) is 5.38. The van der Waals surface area contributed by atoms with Crippen LogP contribution in [0.3, 0.4) is 0 Å². The van der Waals surface area contributed by atoms with E-state index in [1.54, 1.807) is 0 Å². The van der Waals surface area contributed by atoms with Gasteiger partial charge in [-0.2, -0.15) is 0 Å². The highest BCUT2D eigenvalue weighted by atomic mass is 16.5. The topological polar surface area (TPSA) is 21.3 Å². The van der Waals surface area contributed by atoms with Gasteiger partial charge in [0, 0.05) is 6.04 Å². The molecule has 2 aliphatic heterocycles. The Bertz CT molecular complexity index is 333. The quantitative estimate of drug-likeness (QED) is 0.725. The highest BCUT2D eigenvalue weighted by molar-refractivity contribution is 5.32. The van der Waals surface area contributed by atoms with Crippen LogP contribution in [0, 0.1) is 0 Å². The van der Waals surface area contributed by atoms with Gasteiger partial charge in [0.2, 0.25) is 0 Å². The lowest BCUT2D eigenvalue weighted by molar-refractivity contribution is -0.00149. The van der Waals surface area contributed by atoms with Crippen molar-refractivity contribution >= 4 is 0 Å². The zero-order chi connectivity index (χ0) is 9.38. The van der Waals surface area contributed by atoms with Crippen LogP contribution in [-0.4, -0.2) is 19.2 Å². The number of fused-ring (bicyclic) bond motifs is 1. The van der Waals surface area contributed by atoms with Gasteiger partial charge in [-0.3, -0.25) is 0 Å². The van der Waals surface area contributed by atoms with Crippen molar-refractivity contribution in [2.24, 2.45) is 0 Å². The third-order valence-electron chi connectivity index (χ3n) is 3.26. The molecule has 74 valence electrons. The first-order valence-electron chi connectivity index (χ1n) is 5.38. The van der Waals surface area contributed by atoms with E-state index in [4.69, 9.17) is 4.74 Å². The molecule has 2 heterocycles. The molecule has 0 aliphatic carbocycles. The molecule has 1 aromatic carbocycles. The largest absolute Gasteiger partial charge is 0.372 e. The molecule has 2 aliphatic rings. The van der Waals surface area contributed by atoms with Crippen molar-refractivity contribution in [1.29, 1.82) is 0 Å². The van der Waals surface area contributed by atoms with Crippen LogP contribution in [0.1, 0.15) is 23.7 Å². The average Bonchev–Trinajstić information content (AvgIpc) is 2.16. The molecule has 3 rings (SSSR count). The van der Waals surface area contributed by atoms with E-state index in [-0.39, 0.29) is 0 Å². The van der Waals surface area contributed by atoms with Crippen LogP contribution >= 0.6 is 0 Å². The molecule has 0 bridgehead atoms. The van der Waals surface area contributed by atoms with Gasteiger partial charge in [-0.25, -0.2) is 0 Å². The van der Waals surface area contributed by atoms with Crippen LogP contribution < -0.4 is 5.32 Å². The van der Waals surface area contributed by atoms with E-state index in [0.717, 1.165) is 19.6 Å². The first kappa shape index (κ1) is 8.45. The number of rotatable bonds is 1. The standard InChI is InChI=1S/C12H15NO/c1-2-4-10-9(3-1)6-8-14-12(10)11-5-7-13-11/h1-4,11-13H,5-8H2/t11?,12-/m0/s1. The summed E-state index contributed by atoms with van der Waals surface area (Å²) in [5.74, 6) is 0. The summed E-state index contributed by atoms with van der Waals surface area (Å²) in [5, 5.41) is 3.43. The van der Waals surface area contributed by atoms with Gasteiger partial charge in [-0.05, 0) is 30.5 Å². The number of hydrogen-bond acceptors (Lipinski definition) is 2. The van der Waals surface area contributed by atoms with Crippen molar-refractivity contribution in [2.45, 2.75) is 25.0 Å². The lowest BCUT2D eigenvalue weighted by atomic mass is 9.89. The molecule has 0 spiro atoms. The monoisotopic (exact) mass is 189 g/mol. The van der Waals surface area contributed by atoms with E-state index >= 15 is 0 Å². The molecular weight excluding hydrogens is 174 g/mol. The number of benzene rings is 1. The normalized spacial score (nSPS) is 30.6. The molecule has 0 aromatic heterocycles. The van der Waals surface area contributed by atoms with Crippen LogP contribution in [0.2, 0.25) is 0 Å². The van der Waals surface area contributed by atoms with Gasteiger partial charge >= 0.3 is 0 Å². The zero-order valence-electron chi connectivity index (χ0n) is 8.20. The Morgan fingerprint density at radius 3 is 2.93 bits per heavy atom. The Balaban J connectivity index is 1.93. The highest BCUT2D eigenvalue weighted by Crippen LogP contribution is 2.32. The average molecular weight is 189 g/mol. The van der Waals surface area contributed by atoms with Crippen molar-refractivity contribution < 1.29 is 4.74 Å². The second-order valence-corrected chi connectivity index (χ2v) is 4.09. The zero-order valence-corrected chi connectivity index (χ0v) is 8.20. The lowest BCUT2D eigenvalue weighted by Gasteiger charge is -2.38. The van der Waals surface area contributed by atoms with Gasteiger partial charge in [-0.15, -0.1) is 0 Å². The molecule has 1 fully saturated rings. The van der Waals surface area contributed by atoms with Gasteiger partial charge < -0.3 is 10.1 Å². The second-order valence-electron chi connectivity index (χ2n) is 4.09. The molecule has 1 unspecified atom stereocenters. The summed E-state index contributed by atoms with van der Waals surface area (Å²) in [6, 6.07) is 9.22. The third kappa shape index (κ3) is 1.26. The molecule has 2 atom stereocenters. The summed E-state index contributed by atoms with van der Waals surface area (Å²) in [4.78, 5) is 0. The van der Waals surface area contributed by atoms with Crippen LogP contribution in [0.4, 0.5) is 0 Å². The minimum atomic E-state index is 0.300. The van der Waals surface area contributed by atoms with E-state index in [1.165, 1.54) is 17.5 Å². The summed E-state index contributed by atoms with van der Waals surface area (Å²) >= 11 is 0. The van der Waals surface area contributed by atoms with Gasteiger partial charge in [0.1, 0.15) is 0 Å². The van der Waals surface area contributed by atoms with Crippen molar-refractivity contribution in [3.63, 3.8) is 0 Å². The molecule has 2 nitrogen and oxygen atoms in total. The highest BCUT2D eigenvalue weighted by Gasteiger charge is 2.31. The molecule has 1 aromatic rings. The predicted molar refractivity (Wildman–Crippen MR) is 55.2 cm³/mol. The second kappa shape index (κ2) is 3.37. The molecule has 0 amide bonds. The van der Waals surface area contributed by atoms with Gasteiger partial charge in [0.05, 0.1) is 12.7 Å².